The van der Waals surface area contributed by atoms with E-state index in [1.54, 1.807) is 0 Å². The van der Waals surface area contributed by atoms with Gasteiger partial charge in [0, 0.05) is 0 Å². The van der Waals surface area contributed by atoms with Gasteiger partial charge in [0.2, 0.25) is 0 Å². The number of ether oxygens (including phenoxy) is 5. The lowest BCUT2D eigenvalue weighted by atomic mass is 9.97. The highest BCUT2D eigenvalue weighted by molar-refractivity contribution is 5.16. The molecule has 1 aliphatic heterocycles. The smallest absolute Gasteiger partial charge is 0.135 e. The Morgan fingerprint density at radius 2 is 0.850 bits per heavy atom. The highest BCUT2D eigenvalue weighted by Gasteiger charge is 2.47. The van der Waals surface area contributed by atoms with Crippen LogP contribution in [0.1, 0.15) is 22.3 Å². The first kappa shape index (κ1) is 28.2. The fraction of sp³-hybridized carbons (Fsp3) is 0.294. The van der Waals surface area contributed by atoms with E-state index in [9.17, 15) is 0 Å². The van der Waals surface area contributed by atoms with Crippen molar-refractivity contribution in [2.45, 2.75) is 57.1 Å². The molecular formula is C34H37NO5. The van der Waals surface area contributed by atoms with Crippen molar-refractivity contribution in [2.24, 2.45) is 5.73 Å². The molecule has 6 nitrogen and oxygen atoms in total. The first-order valence-electron chi connectivity index (χ1n) is 13.8. The van der Waals surface area contributed by atoms with Gasteiger partial charge in [-0.2, -0.15) is 0 Å². The Morgan fingerprint density at radius 3 is 1.30 bits per heavy atom. The number of benzene rings is 4. The standard InChI is InChI=1S/C34H37NO5/c35-34-33(39-24-29-19-11-4-12-20-29)32(38-23-28-17-9-3-10-18-28)31(37-22-27-15-7-2-8-16-27)30(40-34)25-36-21-26-13-5-1-6-14-26/h1-20,30-34H,21-25,35H2/t30-,31-,32+,33+,34+/m1/s1. The van der Waals surface area contributed by atoms with Crippen molar-refractivity contribution in [3.63, 3.8) is 0 Å². The zero-order chi connectivity index (χ0) is 27.4. The van der Waals surface area contributed by atoms with Crippen LogP contribution >= 0.6 is 0 Å². The van der Waals surface area contributed by atoms with E-state index in [0.717, 1.165) is 22.3 Å². The third-order valence-corrected chi connectivity index (χ3v) is 6.92. The van der Waals surface area contributed by atoms with Crippen molar-refractivity contribution in [2.75, 3.05) is 6.61 Å². The van der Waals surface area contributed by atoms with Crippen LogP contribution in [0, 0.1) is 0 Å². The molecule has 2 N–H and O–H groups in total. The molecule has 5 rings (SSSR count). The normalized spacial score (nSPS) is 22.7. The molecule has 5 atom stereocenters. The molecule has 0 aromatic heterocycles. The van der Waals surface area contributed by atoms with Crippen LogP contribution in [0.2, 0.25) is 0 Å². The maximum absolute atomic E-state index is 6.61. The van der Waals surface area contributed by atoms with E-state index in [0.29, 0.717) is 33.0 Å². The second-order valence-electron chi connectivity index (χ2n) is 9.92. The summed E-state index contributed by atoms with van der Waals surface area (Å²) in [5.74, 6) is 0. The molecule has 0 aliphatic carbocycles. The van der Waals surface area contributed by atoms with Crippen LogP contribution in [0.15, 0.2) is 121 Å². The molecule has 0 radical (unpaired) electrons. The van der Waals surface area contributed by atoms with Crippen LogP contribution in [0.5, 0.6) is 0 Å². The van der Waals surface area contributed by atoms with E-state index >= 15 is 0 Å². The lowest BCUT2D eigenvalue weighted by Gasteiger charge is -2.45. The SMILES string of the molecule is N[C@H]1O[C@H](COCc2ccccc2)[C@@H](OCc2ccccc2)[C@H](OCc2ccccc2)[C@@H]1OCc1ccccc1. The van der Waals surface area contributed by atoms with E-state index in [-0.39, 0.29) is 0 Å². The first-order valence-corrected chi connectivity index (χ1v) is 13.8. The van der Waals surface area contributed by atoms with Gasteiger partial charge in [0.15, 0.2) is 0 Å². The number of hydrogen-bond donors (Lipinski definition) is 1. The second-order valence-corrected chi connectivity index (χ2v) is 9.92. The summed E-state index contributed by atoms with van der Waals surface area (Å²) in [4.78, 5) is 0. The van der Waals surface area contributed by atoms with Crippen molar-refractivity contribution in [1.29, 1.82) is 0 Å². The molecule has 6 heteroatoms. The summed E-state index contributed by atoms with van der Waals surface area (Å²) < 4.78 is 32.0. The van der Waals surface area contributed by atoms with Crippen molar-refractivity contribution in [3.05, 3.63) is 144 Å². The molecule has 1 saturated heterocycles. The van der Waals surface area contributed by atoms with Crippen molar-refractivity contribution in [3.8, 4) is 0 Å². The first-order chi connectivity index (χ1) is 19.8. The third kappa shape index (κ3) is 8.08. The Labute approximate surface area is 236 Å². The average Bonchev–Trinajstić information content (AvgIpc) is 3.01. The number of rotatable bonds is 13. The minimum absolute atomic E-state index is 0.304. The van der Waals surface area contributed by atoms with Gasteiger partial charge in [0.1, 0.15) is 30.6 Å². The maximum Gasteiger partial charge on any atom is 0.135 e. The van der Waals surface area contributed by atoms with E-state index in [4.69, 9.17) is 29.4 Å². The van der Waals surface area contributed by atoms with E-state index in [2.05, 4.69) is 0 Å². The molecule has 0 unspecified atom stereocenters. The Hall–Kier alpha value is -3.36. The molecule has 1 aliphatic rings. The average molecular weight is 540 g/mol. The summed E-state index contributed by atoms with van der Waals surface area (Å²) in [5.41, 5.74) is 10.9. The van der Waals surface area contributed by atoms with Gasteiger partial charge in [-0.3, -0.25) is 0 Å². The van der Waals surface area contributed by atoms with E-state index < -0.39 is 30.6 Å². The molecule has 0 amide bonds. The molecule has 1 fully saturated rings. The Bertz CT molecular complexity index is 1240. The summed E-state index contributed by atoms with van der Waals surface area (Å²) in [6.45, 7) is 1.94. The molecule has 4 aromatic rings. The van der Waals surface area contributed by atoms with Gasteiger partial charge in [-0.25, -0.2) is 0 Å². The van der Waals surface area contributed by atoms with Crippen LogP contribution < -0.4 is 5.73 Å². The highest BCUT2D eigenvalue weighted by Crippen LogP contribution is 2.29. The van der Waals surface area contributed by atoms with E-state index in [1.807, 2.05) is 121 Å². The number of nitrogens with two attached hydrogens (primary N) is 1. The maximum atomic E-state index is 6.61. The predicted octanol–water partition coefficient (Wildman–Crippen LogP) is 5.64. The molecule has 40 heavy (non-hydrogen) atoms. The summed E-state index contributed by atoms with van der Waals surface area (Å²) in [7, 11) is 0. The monoisotopic (exact) mass is 539 g/mol. The largest absolute Gasteiger partial charge is 0.374 e. The third-order valence-electron chi connectivity index (χ3n) is 6.92. The van der Waals surface area contributed by atoms with Gasteiger partial charge < -0.3 is 29.4 Å². The lowest BCUT2D eigenvalue weighted by Crippen LogP contribution is -2.63. The Morgan fingerprint density at radius 1 is 0.475 bits per heavy atom. The fourth-order valence-electron chi connectivity index (χ4n) is 4.83. The van der Waals surface area contributed by atoms with Crippen molar-refractivity contribution in [1.82, 2.24) is 0 Å². The molecule has 0 bridgehead atoms. The second kappa shape index (κ2) is 14.9. The van der Waals surface area contributed by atoms with Crippen molar-refractivity contribution >= 4 is 0 Å². The van der Waals surface area contributed by atoms with Crippen LogP contribution in [-0.2, 0) is 50.1 Å². The van der Waals surface area contributed by atoms with Gasteiger partial charge in [0.05, 0.1) is 33.0 Å². The van der Waals surface area contributed by atoms with Gasteiger partial charge in [-0.1, -0.05) is 121 Å². The van der Waals surface area contributed by atoms with Crippen molar-refractivity contribution < 1.29 is 23.7 Å². The lowest BCUT2D eigenvalue weighted by molar-refractivity contribution is -0.271. The molecule has 1 heterocycles. The molecule has 0 spiro atoms. The molecule has 4 aromatic carbocycles. The van der Waals surface area contributed by atoms with Gasteiger partial charge in [-0.15, -0.1) is 0 Å². The molecule has 208 valence electrons. The quantitative estimate of drug-likeness (QED) is 0.237. The zero-order valence-electron chi connectivity index (χ0n) is 22.6. The van der Waals surface area contributed by atoms with Crippen LogP contribution in [0.3, 0.4) is 0 Å². The van der Waals surface area contributed by atoms with Crippen LogP contribution in [-0.4, -0.2) is 37.3 Å². The van der Waals surface area contributed by atoms with Gasteiger partial charge >= 0.3 is 0 Å². The van der Waals surface area contributed by atoms with Crippen LogP contribution in [0.4, 0.5) is 0 Å². The Balaban J connectivity index is 1.36. The summed E-state index contributed by atoms with van der Waals surface area (Å²) in [6.07, 6.45) is -2.66. The minimum atomic E-state index is -0.716. The van der Waals surface area contributed by atoms with Crippen LogP contribution in [0.25, 0.3) is 0 Å². The zero-order valence-corrected chi connectivity index (χ0v) is 22.6. The molecule has 0 saturated carbocycles. The van der Waals surface area contributed by atoms with E-state index in [1.165, 1.54) is 0 Å². The topological polar surface area (TPSA) is 72.2 Å². The van der Waals surface area contributed by atoms with Gasteiger partial charge in [0.25, 0.3) is 0 Å². The van der Waals surface area contributed by atoms with Gasteiger partial charge in [-0.05, 0) is 22.3 Å². The highest BCUT2D eigenvalue weighted by atomic mass is 16.6. The summed E-state index contributed by atoms with van der Waals surface area (Å²) in [5, 5.41) is 0. The predicted molar refractivity (Wildman–Crippen MR) is 154 cm³/mol. The fourth-order valence-corrected chi connectivity index (χ4v) is 4.83. The summed E-state index contributed by atoms with van der Waals surface area (Å²) in [6, 6.07) is 40.2. The minimum Gasteiger partial charge on any atom is -0.374 e. The molecular weight excluding hydrogens is 502 g/mol. The summed E-state index contributed by atoms with van der Waals surface area (Å²) >= 11 is 0. The number of hydrogen-bond acceptors (Lipinski definition) is 6. The Kier molecular flexibility index (Phi) is 10.5.